The van der Waals surface area contributed by atoms with E-state index in [-0.39, 0.29) is 0 Å². The van der Waals surface area contributed by atoms with E-state index in [4.69, 9.17) is 24.5 Å². The summed E-state index contributed by atoms with van der Waals surface area (Å²) < 4.78 is 24.9. The molecule has 0 bridgehead atoms. The van der Waals surface area contributed by atoms with Gasteiger partial charge in [0.1, 0.15) is 0 Å². The molecule has 1 heterocycles. The van der Waals surface area contributed by atoms with Gasteiger partial charge in [-0.25, -0.2) is 4.79 Å². The molecule has 0 N–H and O–H groups in total. The van der Waals surface area contributed by atoms with Gasteiger partial charge in [-0.15, -0.1) is 0 Å². The zero-order valence-corrected chi connectivity index (χ0v) is 13.9. The first-order chi connectivity index (χ1) is 11.7. The highest BCUT2D eigenvalue weighted by Gasteiger charge is 2.54. The fraction of sp³-hybridized carbons (Fsp3) is 0.692. The predicted octanol–water partition coefficient (Wildman–Crippen LogP) is -0.0103. The average Bonchev–Trinajstić information content (AvgIpc) is 2.50. The normalized spacial score (nSPS) is 28.1. The van der Waals surface area contributed by atoms with E-state index in [2.05, 4.69) is 14.8 Å². The predicted molar refractivity (Wildman–Crippen MR) is 76.5 cm³/mol. The molecule has 1 fully saturated rings. The topological polar surface area (TPSA) is 163 Å². The van der Waals surface area contributed by atoms with Crippen molar-refractivity contribution >= 4 is 23.9 Å². The molecular weight excluding hydrogens is 342 g/mol. The van der Waals surface area contributed by atoms with Crippen LogP contribution >= 0.6 is 0 Å². The van der Waals surface area contributed by atoms with E-state index >= 15 is 0 Å². The largest absolute Gasteiger partial charge is 0.467 e. The molecule has 138 valence electrons. The third kappa shape index (κ3) is 5.33. The molecule has 1 aliphatic rings. The van der Waals surface area contributed by atoms with Crippen LogP contribution in [0, 0.1) is 0 Å². The van der Waals surface area contributed by atoms with Crippen molar-refractivity contribution in [3.8, 4) is 0 Å². The molecular formula is C13H17N3O9. The number of ether oxygens (including phenoxy) is 5. The number of methoxy groups -OCH3 is 1. The highest BCUT2D eigenvalue weighted by Crippen LogP contribution is 2.30. The summed E-state index contributed by atoms with van der Waals surface area (Å²) in [5.74, 6) is -3.40. The van der Waals surface area contributed by atoms with Gasteiger partial charge >= 0.3 is 23.9 Å². The Morgan fingerprint density at radius 1 is 0.920 bits per heavy atom. The Bertz CT molecular complexity index is 602. The molecule has 0 spiro atoms. The fourth-order valence-electron chi connectivity index (χ4n) is 2.24. The molecule has 0 aromatic rings. The molecule has 0 amide bonds. The maximum absolute atomic E-state index is 11.9. The Morgan fingerprint density at radius 3 is 1.84 bits per heavy atom. The molecule has 0 aromatic heterocycles. The highest BCUT2D eigenvalue weighted by molar-refractivity contribution is 5.77. The molecule has 12 nitrogen and oxygen atoms in total. The van der Waals surface area contributed by atoms with E-state index in [1.54, 1.807) is 0 Å². The lowest BCUT2D eigenvalue weighted by Crippen LogP contribution is -2.62. The van der Waals surface area contributed by atoms with Crippen molar-refractivity contribution in [1.82, 2.24) is 0 Å². The Morgan fingerprint density at radius 2 is 1.40 bits per heavy atom. The molecule has 1 saturated heterocycles. The third-order valence-corrected chi connectivity index (χ3v) is 3.02. The maximum atomic E-state index is 11.9. The summed E-state index contributed by atoms with van der Waals surface area (Å²) >= 11 is 0. The van der Waals surface area contributed by atoms with Crippen molar-refractivity contribution in [2.24, 2.45) is 5.11 Å². The van der Waals surface area contributed by atoms with Gasteiger partial charge in [-0.3, -0.25) is 14.4 Å². The van der Waals surface area contributed by atoms with Crippen LogP contribution in [0.5, 0.6) is 0 Å². The van der Waals surface area contributed by atoms with E-state index in [9.17, 15) is 19.2 Å². The van der Waals surface area contributed by atoms with Crippen LogP contribution in [0.2, 0.25) is 0 Å². The molecule has 25 heavy (non-hydrogen) atoms. The van der Waals surface area contributed by atoms with Crippen molar-refractivity contribution in [1.29, 1.82) is 0 Å². The van der Waals surface area contributed by atoms with Crippen LogP contribution in [0.15, 0.2) is 5.11 Å². The minimum Gasteiger partial charge on any atom is -0.467 e. The second-order valence-electron chi connectivity index (χ2n) is 4.90. The highest BCUT2D eigenvalue weighted by atomic mass is 16.7. The van der Waals surface area contributed by atoms with Crippen molar-refractivity contribution in [3.05, 3.63) is 10.4 Å². The van der Waals surface area contributed by atoms with Gasteiger partial charge in [-0.1, -0.05) is 5.11 Å². The number of hydrogen-bond donors (Lipinski definition) is 0. The van der Waals surface area contributed by atoms with Gasteiger partial charge < -0.3 is 23.7 Å². The van der Waals surface area contributed by atoms with Crippen LogP contribution in [0.4, 0.5) is 0 Å². The summed E-state index contributed by atoms with van der Waals surface area (Å²) in [4.78, 5) is 48.6. The molecule has 5 atom stereocenters. The average molecular weight is 359 g/mol. The minimum atomic E-state index is -1.57. The van der Waals surface area contributed by atoms with Crippen molar-refractivity contribution in [3.63, 3.8) is 0 Å². The number of rotatable bonds is 5. The molecule has 0 aromatic carbocycles. The molecule has 5 unspecified atom stereocenters. The van der Waals surface area contributed by atoms with Crippen LogP contribution in [0.3, 0.4) is 0 Å². The summed E-state index contributed by atoms with van der Waals surface area (Å²) in [6.45, 7) is 3.17. The van der Waals surface area contributed by atoms with Gasteiger partial charge in [0, 0.05) is 25.7 Å². The lowest BCUT2D eigenvalue weighted by molar-refractivity contribution is -0.247. The monoisotopic (exact) mass is 359 g/mol. The number of esters is 4. The van der Waals surface area contributed by atoms with E-state index in [0.29, 0.717) is 0 Å². The first kappa shape index (κ1) is 20.2. The van der Waals surface area contributed by atoms with Crippen LogP contribution in [-0.4, -0.2) is 61.6 Å². The lowest BCUT2D eigenvalue weighted by Gasteiger charge is -2.42. The molecule has 1 aliphatic heterocycles. The van der Waals surface area contributed by atoms with Crippen molar-refractivity contribution in [2.75, 3.05) is 7.11 Å². The fourth-order valence-corrected chi connectivity index (χ4v) is 2.24. The van der Waals surface area contributed by atoms with E-state index in [1.165, 1.54) is 0 Å². The molecule has 0 aliphatic carbocycles. The number of azide groups is 1. The van der Waals surface area contributed by atoms with Crippen molar-refractivity contribution in [2.45, 2.75) is 51.4 Å². The van der Waals surface area contributed by atoms with E-state index in [0.717, 1.165) is 27.9 Å². The van der Waals surface area contributed by atoms with Crippen LogP contribution in [0.25, 0.3) is 10.4 Å². The Balaban J connectivity index is 3.38. The number of carbonyl (C=O) groups is 4. The van der Waals surface area contributed by atoms with Crippen LogP contribution in [-0.2, 0) is 42.9 Å². The minimum absolute atomic E-state index is 0.804. The third-order valence-electron chi connectivity index (χ3n) is 3.02. The summed E-state index contributed by atoms with van der Waals surface area (Å²) in [5, 5.41) is 3.30. The molecule has 12 heteroatoms. The van der Waals surface area contributed by atoms with Crippen LogP contribution < -0.4 is 0 Å². The Hall–Kier alpha value is -2.85. The molecule has 0 radical (unpaired) electrons. The standard InChI is InChI=1S/C13H17N3O9/c1-5(17)22-8-9(23-6(2)18)11(13(20)21-4)25-12(15-16-14)10(8)24-7(3)19/h8-12H,1-4H3. The number of nitrogens with zero attached hydrogens (tertiary/aromatic N) is 3. The first-order valence-electron chi connectivity index (χ1n) is 7.00. The second-order valence-corrected chi connectivity index (χ2v) is 4.90. The van der Waals surface area contributed by atoms with Gasteiger partial charge in [0.05, 0.1) is 7.11 Å². The smallest absolute Gasteiger partial charge is 0.339 e. The maximum Gasteiger partial charge on any atom is 0.339 e. The second kappa shape index (κ2) is 8.85. The Labute approximate surface area is 141 Å². The summed E-state index contributed by atoms with van der Waals surface area (Å²) in [6.07, 6.45) is -7.47. The summed E-state index contributed by atoms with van der Waals surface area (Å²) in [6, 6.07) is 0. The molecule has 0 saturated carbocycles. The number of carbonyl (C=O) groups excluding carboxylic acids is 4. The summed E-state index contributed by atoms with van der Waals surface area (Å²) in [7, 11) is 1.05. The van der Waals surface area contributed by atoms with Gasteiger partial charge in [0.2, 0.25) is 0 Å². The Kier molecular flexibility index (Phi) is 7.15. The molecule has 1 rings (SSSR count). The quantitative estimate of drug-likeness (QED) is 0.216. The van der Waals surface area contributed by atoms with E-state index in [1.807, 2.05) is 0 Å². The summed E-state index contributed by atoms with van der Waals surface area (Å²) in [5.41, 5.74) is 8.66. The van der Waals surface area contributed by atoms with Gasteiger partial charge in [-0.05, 0) is 5.53 Å². The van der Waals surface area contributed by atoms with Gasteiger partial charge in [-0.2, -0.15) is 0 Å². The van der Waals surface area contributed by atoms with Gasteiger partial charge in [0.25, 0.3) is 0 Å². The van der Waals surface area contributed by atoms with Crippen LogP contribution in [0.1, 0.15) is 20.8 Å². The number of hydrogen-bond acceptors (Lipinski definition) is 10. The van der Waals surface area contributed by atoms with Crippen molar-refractivity contribution < 1.29 is 42.9 Å². The zero-order valence-electron chi connectivity index (χ0n) is 13.9. The van der Waals surface area contributed by atoms with Gasteiger partial charge in [0.15, 0.2) is 30.6 Å². The SMILES string of the molecule is COC(=O)C1OC(N=[N+]=[N-])C(OC(C)=O)C(OC(C)=O)C1OC(C)=O. The first-order valence-corrected chi connectivity index (χ1v) is 7.00. The zero-order chi connectivity index (χ0) is 19.1. The van der Waals surface area contributed by atoms with E-state index < -0.39 is 54.5 Å². The lowest BCUT2D eigenvalue weighted by atomic mass is 9.97.